The first kappa shape index (κ1) is 14.2. The molecule has 1 aliphatic rings. The van der Waals surface area contributed by atoms with Crippen LogP contribution in [-0.4, -0.2) is 43.3 Å². The zero-order valence-electron chi connectivity index (χ0n) is 11.9. The zero-order valence-corrected chi connectivity index (χ0v) is 11.9. The topological polar surface area (TPSA) is 50.3 Å². The van der Waals surface area contributed by atoms with Crippen molar-refractivity contribution in [2.24, 2.45) is 5.92 Å². The Kier molecular flexibility index (Phi) is 5.54. The van der Waals surface area contributed by atoms with Gasteiger partial charge >= 0.3 is 0 Å². The molecule has 1 aliphatic heterocycles. The van der Waals surface area contributed by atoms with Gasteiger partial charge in [0.05, 0.1) is 11.9 Å². The van der Waals surface area contributed by atoms with Crippen LogP contribution in [-0.2, 0) is 11.3 Å². The summed E-state index contributed by atoms with van der Waals surface area (Å²) < 4.78 is 5.23. The molecule has 0 spiro atoms. The molecule has 1 saturated heterocycles. The van der Waals surface area contributed by atoms with Crippen LogP contribution in [0.5, 0.6) is 0 Å². The molecule has 0 atom stereocenters. The number of ether oxygens (including phenoxy) is 1. The molecule has 19 heavy (non-hydrogen) atoms. The summed E-state index contributed by atoms with van der Waals surface area (Å²) in [7, 11) is 1.78. The molecule has 0 saturated carbocycles. The molecule has 0 radical (unpaired) electrons. The van der Waals surface area contributed by atoms with Gasteiger partial charge in [-0.2, -0.15) is 0 Å². The average molecular weight is 264 g/mol. The molecule has 0 aromatic carbocycles. The van der Waals surface area contributed by atoms with Crippen LogP contribution >= 0.6 is 0 Å². The fourth-order valence-electron chi connectivity index (χ4n) is 2.45. The molecule has 0 amide bonds. The Hall–Kier alpha value is -1.20. The van der Waals surface area contributed by atoms with E-state index in [1.54, 1.807) is 7.11 Å². The minimum atomic E-state index is 0.694. The van der Waals surface area contributed by atoms with E-state index in [4.69, 9.17) is 4.74 Å². The van der Waals surface area contributed by atoms with Crippen LogP contribution in [0.2, 0.25) is 0 Å². The van der Waals surface area contributed by atoms with Gasteiger partial charge in [0, 0.05) is 39.5 Å². The second kappa shape index (κ2) is 7.40. The van der Waals surface area contributed by atoms with Crippen molar-refractivity contribution >= 4 is 5.82 Å². The smallest absolute Gasteiger partial charge is 0.147 e. The van der Waals surface area contributed by atoms with E-state index in [9.17, 15) is 0 Å². The summed E-state index contributed by atoms with van der Waals surface area (Å²) in [6, 6.07) is 0. The first-order valence-electron chi connectivity index (χ1n) is 7.09. The first-order valence-corrected chi connectivity index (χ1v) is 7.09. The monoisotopic (exact) mass is 264 g/mol. The van der Waals surface area contributed by atoms with E-state index in [2.05, 4.69) is 27.1 Å². The number of hydrogen-bond acceptors (Lipinski definition) is 5. The minimum Gasteiger partial charge on any atom is -0.384 e. The Labute approximate surface area is 115 Å². The molecule has 1 N–H and O–H groups in total. The van der Waals surface area contributed by atoms with E-state index in [0.717, 1.165) is 44.3 Å². The zero-order chi connectivity index (χ0) is 13.5. The number of aromatic nitrogens is 2. The summed E-state index contributed by atoms with van der Waals surface area (Å²) in [6.45, 7) is 6.81. The number of nitrogens with one attached hydrogen (secondary N) is 1. The number of methoxy groups -OCH3 is 1. The third-order valence-corrected chi connectivity index (χ3v) is 3.57. The minimum absolute atomic E-state index is 0.694. The maximum Gasteiger partial charge on any atom is 0.147 e. The van der Waals surface area contributed by atoms with Crippen molar-refractivity contribution < 1.29 is 4.74 Å². The Morgan fingerprint density at radius 3 is 2.84 bits per heavy atom. The molecule has 5 nitrogen and oxygen atoms in total. The summed E-state index contributed by atoms with van der Waals surface area (Å²) in [5, 5.41) is 3.28. The highest BCUT2D eigenvalue weighted by Gasteiger charge is 2.20. The van der Waals surface area contributed by atoms with Gasteiger partial charge in [-0.05, 0) is 25.3 Å². The van der Waals surface area contributed by atoms with Gasteiger partial charge in [-0.15, -0.1) is 0 Å². The summed E-state index contributed by atoms with van der Waals surface area (Å²) in [5.41, 5.74) is 1.01. The normalized spacial score (nSPS) is 16.8. The van der Waals surface area contributed by atoms with Crippen LogP contribution in [0.1, 0.15) is 25.5 Å². The van der Waals surface area contributed by atoms with Gasteiger partial charge < -0.3 is 15.0 Å². The fraction of sp³-hybridized carbons (Fsp3) is 0.714. The van der Waals surface area contributed by atoms with Crippen LogP contribution < -0.4 is 10.2 Å². The largest absolute Gasteiger partial charge is 0.384 e. The van der Waals surface area contributed by atoms with Crippen LogP contribution in [0, 0.1) is 5.92 Å². The lowest BCUT2D eigenvalue weighted by atomic mass is 9.98. The maximum absolute atomic E-state index is 5.23. The third kappa shape index (κ3) is 4.14. The van der Waals surface area contributed by atoms with E-state index in [1.807, 2.05) is 12.4 Å². The van der Waals surface area contributed by atoms with E-state index in [-0.39, 0.29) is 0 Å². The van der Waals surface area contributed by atoms with Crippen LogP contribution in [0.4, 0.5) is 5.82 Å². The Morgan fingerprint density at radius 2 is 2.16 bits per heavy atom. The van der Waals surface area contributed by atoms with E-state index in [1.165, 1.54) is 12.8 Å². The second-order valence-electron chi connectivity index (χ2n) is 5.03. The summed E-state index contributed by atoms with van der Waals surface area (Å²) in [5.74, 6) is 1.70. The van der Waals surface area contributed by atoms with Crippen molar-refractivity contribution in [1.29, 1.82) is 0 Å². The van der Waals surface area contributed by atoms with E-state index < -0.39 is 0 Å². The predicted octanol–water partition coefficient (Wildman–Crippen LogP) is 1.45. The highest BCUT2D eigenvalue weighted by Crippen LogP contribution is 2.21. The molecule has 0 aliphatic carbocycles. The summed E-state index contributed by atoms with van der Waals surface area (Å²) in [6.07, 6.45) is 6.05. The van der Waals surface area contributed by atoms with Crippen molar-refractivity contribution in [1.82, 2.24) is 15.3 Å². The molecule has 106 valence electrons. The molecule has 1 aromatic rings. The van der Waals surface area contributed by atoms with Gasteiger partial charge in [-0.1, -0.05) is 6.92 Å². The molecule has 0 bridgehead atoms. The number of rotatable bonds is 6. The number of hydrogen-bond donors (Lipinski definition) is 1. The lowest BCUT2D eigenvalue weighted by Gasteiger charge is -2.32. The van der Waals surface area contributed by atoms with Crippen molar-refractivity contribution in [3.63, 3.8) is 0 Å². The molecule has 1 aromatic heterocycles. The lowest BCUT2D eigenvalue weighted by molar-refractivity contribution is 0.139. The van der Waals surface area contributed by atoms with Crippen molar-refractivity contribution in [2.45, 2.75) is 26.3 Å². The van der Waals surface area contributed by atoms with Gasteiger partial charge in [0.15, 0.2) is 0 Å². The van der Waals surface area contributed by atoms with Gasteiger partial charge in [0.25, 0.3) is 0 Å². The Balaban J connectivity index is 1.91. The Morgan fingerprint density at radius 1 is 1.37 bits per heavy atom. The fourth-order valence-corrected chi connectivity index (χ4v) is 2.45. The van der Waals surface area contributed by atoms with Gasteiger partial charge in [-0.25, -0.2) is 4.98 Å². The number of anilines is 1. The molecule has 5 heteroatoms. The summed E-state index contributed by atoms with van der Waals surface area (Å²) >= 11 is 0. The summed E-state index contributed by atoms with van der Waals surface area (Å²) in [4.78, 5) is 11.3. The lowest BCUT2D eigenvalue weighted by Crippen LogP contribution is -2.35. The molecule has 1 fully saturated rings. The maximum atomic E-state index is 5.23. The van der Waals surface area contributed by atoms with Gasteiger partial charge in [-0.3, -0.25) is 4.98 Å². The Bertz CT molecular complexity index is 377. The molecule has 2 heterocycles. The van der Waals surface area contributed by atoms with Gasteiger partial charge in [0.2, 0.25) is 0 Å². The number of piperidine rings is 1. The molecular formula is C14H24N4O. The van der Waals surface area contributed by atoms with Crippen molar-refractivity contribution in [3.05, 3.63) is 18.1 Å². The molecular weight excluding hydrogens is 240 g/mol. The SMILES string of the molecule is CCNCc1cncc(N2CCC(COC)CC2)n1. The predicted molar refractivity (Wildman–Crippen MR) is 76.2 cm³/mol. The van der Waals surface area contributed by atoms with E-state index in [0.29, 0.717) is 5.92 Å². The average Bonchev–Trinajstić information content (AvgIpc) is 2.46. The van der Waals surface area contributed by atoms with Crippen LogP contribution in [0.15, 0.2) is 12.4 Å². The van der Waals surface area contributed by atoms with Crippen LogP contribution in [0.25, 0.3) is 0 Å². The van der Waals surface area contributed by atoms with Crippen molar-refractivity contribution in [3.8, 4) is 0 Å². The highest BCUT2D eigenvalue weighted by atomic mass is 16.5. The quantitative estimate of drug-likeness (QED) is 0.843. The van der Waals surface area contributed by atoms with Gasteiger partial charge in [0.1, 0.15) is 5.82 Å². The highest BCUT2D eigenvalue weighted by molar-refractivity contribution is 5.36. The molecule has 2 rings (SSSR count). The standard InChI is InChI=1S/C14H24N4O/c1-3-15-8-13-9-16-10-14(17-13)18-6-4-12(5-7-18)11-19-2/h9-10,12,15H,3-8,11H2,1-2H3. The van der Waals surface area contributed by atoms with Crippen LogP contribution in [0.3, 0.4) is 0 Å². The van der Waals surface area contributed by atoms with Crippen molar-refractivity contribution in [2.75, 3.05) is 38.3 Å². The third-order valence-electron chi connectivity index (χ3n) is 3.57. The van der Waals surface area contributed by atoms with E-state index >= 15 is 0 Å². The first-order chi connectivity index (χ1) is 9.33. The molecule has 0 unspecified atom stereocenters. The number of nitrogens with zero attached hydrogens (tertiary/aromatic N) is 3. The second-order valence-corrected chi connectivity index (χ2v) is 5.03.